The molecule has 9 heteroatoms. The van der Waals surface area contributed by atoms with Gasteiger partial charge in [0.15, 0.2) is 0 Å². The number of fused-ring (bicyclic) bond motifs is 5. The Balaban J connectivity index is 1.10. The lowest BCUT2D eigenvalue weighted by atomic mass is 9.98. The van der Waals surface area contributed by atoms with Crippen molar-refractivity contribution in [3.05, 3.63) is 132 Å². The third kappa shape index (κ3) is 5.59. The Bertz CT molecular complexity index is 2030. The van der Waals surface area contributed by atoms with Crippen molar-refractivity contribution in [2.45, 2.75) is 30.8 Å². The highest BCUT2D eigenvalue weighted by molar-refractivity contribution is 5.92. The quantitative estimate of drug-likeness (QED) is 0.131. The molecule has 5 N–H and O–H groups in total. The van der Waals surface area contributed by atoms with Crippen molar-refractivity contribution in [3.8, 4) is 11.1 Å². The first kappa shape index (κ1) is 28.9. The number of carboxylic acids is 1. The van der Waals surface area contributed by atoms with Crippen LogP contribution in [0, 0.1) is 0 Å². The Morgan fingerprint density at radius 2 is 1.17 bits per heavy atom. The fourth-order valence-corrected chi connectivity index (χ4v) is 6.50. The zero-order valence-corrected chi connectivity index (χ0v) is 24.8. The van der Waals surface area contributed by atoms with Gasteiger partial charge in [0, 0.05) is 53.0 Å². The maximum Gasteiger partial charge on any atom is 0.407 e. The smallest absolute Gasteiger partial charge is 0.407 e. The van der Waals surface area contributed by atoms with E-state index in [9.17, 15) is 19.5 Å². The van der Waals surface area contributed by atoms with E-state index in [0.717, 1.165) is 55.2 Å². The molecule has 0 spiro atoms. The number of benzene rings is 4. The predicted molar refractivity (Wildman–Crippen MR) is 176 cm³/mol. The molecule has 0 bridgehead atoms. The third-order valence-corrected chi connectivity index (χ3v) is 8.76. The fourth-order valence-electron chi connectivity index (χ4n) is 6.50. The number of para-hydroxylation sites is 2. The van der Waals surface area contributed by atoms with Crippen LogP contribution in [0.5, 0.6) is 0 Å². The average molecular weight is 613 g/mol. The van der Waals surface area contributed by atoms with Crippen molar-refractivity contribution in [1.29, 1.82) is 0 Å². The van der Waals surface area contributed by atoms with Gasteiger partial charge in [-0.2, -0.15) is 0 Å². The van der Waals surface area contributed by atoms with E-state index in [0.29, 0.717) is 0 Å². The minimum Gasteiger partial charge on any atom is -0.480 e. The van der Waals surface area contributed by atoms with Gasteiger partial charge >= 0.3 is 12.1 Å². The monoisotopic (exact) mass is 612 g/mol. The van der Waals surface area contributed by atoms with Crippen LogP contribution in [0.15, 0.2) is 109 Å². The molecule has 2 atom stereocenters. The summed E-state index contributed by atoms with van der Waals surface area (Å²) in [5, 5.41) is 17.3. The molecule has 0 aliphatic heterocycles. The molecule has 2 heterocycles. The number of H-pyrrole nitrogens is 2. The Morgan fingerprint density at radius 1 is 0.674 bits per heavy atom. The van der Waals surface area contributed by atoms with Gasteiger partial charge in [0.25, 0.3) is 0 Å². The molecule has 2 aromatic heterocycles. The molecule has 230 valence electrons. The lowest BCUT2D eigenvalue weighted by Gasteiger charge is -2.22. The number of aliphatic carboxylic acids is 1. The van der Waals surface area contributed by atoms with Crippen LogP contribution in [0.2, 0.25) is 0 Å². The van der Waals surface area contributed by atoms with Gasteiger partial charge in [0.2, 0.25) is 5.91 Å². The molecular formula is C37H32N4O5. The van der Waals surface area contributed by atoms with E-state index in [1.807, 2.05) is 84.9 Å². The molecule has 0 fully saturated rings. The van der Waals surface area contributed by atoms with E-state index < -0.39 is 30.1 Å². The normalized spacial score (nSPS) is 13.6. The topological polar surface area (TPSA) is 136 Å². The lowest BCUT2D eigenvalue weighted by molar-refractivity contribution is -0.142. The second-order valence-corrected chi connectivity index (χ2v) is 11.5. The Kier molecular flexibility index (Phi) is 7.72. The van der Waals surface area contributed by atoms with Crippen LogP contribution in [0.4, 0.5) is 4.79 Å². The van der Waals surface area contributed by atoms with E-state index >= 15 is 0 Å². The Morgan fingerprint density at radius 3 is 1.74 bits per heavy atom. The number of hydrogen-bond donors (Lipinski definition) is 5. The second-order valence-electron chi connectivity index (χ2n) is 11.5. The highest BCUT2D eigenvalue weighted by atomic mass is 16.5. The molecule has 0 saturated heterocycles. The first-order valence-electron chi connectivity index (χ1n) is 15.2. The summed E-state index contributed by atoms with van der Waals surface area (Å²) in [4.78, 5) is 45.8. The van der Waals surface area contributed by atoms with Gasteiger partial charge in [-0.3, -0.25) is 4.79 Å². The minimum absolute atomic E-state index is 0.0653. The molecule has 1 aliphatic carbocycles. The van der Waals surface area contributed by atoms with Crippen molar-refractivity contribution >= 4 is 39.8 Å². The Labute approximate surface area is 264 Å². The van der Waals surface area contributed by atoms with Crippen LogP contribution in [0.1, 0.15) is 28.2 Å². The standard InChI is InChI=1S/C37H32N4O5/c42-35(40-34(36(43)44)18-23-20-39-32-16-8-6-10-25(23)32)33(17-22-19-38-31-15-7-5-9-24(22)31)41-37(45)46-21-30-28-13-3-1-11-26(28)27-12-2-4-14-29(27)30/h1-16,19-20,30,33-34,38-39H,17-18,21H2,(H,40,42)(H,41,45)(H,43,44)/t33-,34-/m0/s1. The van der Waals surface area contributed by atoms with Gasteiger partial charge in [-0.1, -0.05) is 84.9 Å². The van der Waals surface area contributed by atoms with E-state index in [4.69, 9.17) is 4.74 Å². The van der Waals surface area contributed by atoms with Crippen molar-refractivity contribution in [1.82, 2.24) is 20.6 Å². The number of ether oxygens (including phenoxy) is 1. The van der Waals surface area contributed by atoms with Crippen LogP contribution >= 0.6 is 0 Å². The Hall–Kier alpha value is -5.83. The number of carboxylic acid groups (broad SMARTS) is 1. The maximum atomic E-state index is 13.8. The summed E-state index contributed by atoms with van der Waals surface area (Å²) in [7, 11) is 0. The van der Waals surface area contributed by atoms with Gasteiger partial charge in [-0.25, -0.2) is 9.59 Å². The molecule has 6 aromatic rings. The van der Waals surface area contributed by atoms with Crippen LogP contribution < -0.4 is 10.6 Å². The maximum absolute atomic E-state index is 13.8. The number of alkyl carbamates (subject to hydrolysis) is 1. The largest absolute Gasteiger partial charge is 0.480 e. The first-order valence-corrected chi connectivity index (χ1v) is 15.2. The molecule has 2 amide bonds. The summed E-state index contributed by atoms with van der Waals surface area (Å²) in [5.41, 5.74) is 7.70. The van der Waals surface area contributed by atoms with Gasteiger partial charge < -0.3 is 30.4 Å². The highest BCUT2D eigenvalue weighted by Gasteiger charge is 2.31. The SMILES string of the molecule is O=C(N[C@@H](Cc1c[nH]c2ccccc12)C(=O)N[C@@H](Cc1c[nH]c2ccccc12)C(=O)O)OCC1c2ccccc2-c2ccccc21. The molecular weight excluding hydrogens is 580 g/mol. The number of nitrogens with one attached hydrogen (secondary N) is 4. The van der Waals surface area contributed by atoms with Crippen molar-refractivity contribution < 1.29 is 24.2 Å². The summed E-state index contributed by atoms with van der Waals surface area (Å²) in [6.45, 7) is 0.0829. The van der Waals surface area contributed by atoms with Crippen LogP contribution in [-0.4, -0.2) is 51.7 Å². The zero-order valence-electron chi connectivity index (χ0n) is 24.8. The van der Waals surface area contributed by atoms with Gasteiger partial charge in [0.1, 0.15) is 18.7 Å². The summed E-state index contributed by atoms with van der Waals surface area (Å²) >= 11 is 0. The van der Waals surface area contributed by atoms with Crippen molar-refractivity contribution in [2.75, 3.05) is 6.61 Å². The zero-order chi connectivity index (χ0) is 31.6. The van der Waals surface area contributed by atoms with E-state index in [2.05, 4.69) is 32.7 Å². The number of carbonyl (C=O) groups excluding carboxylic acids is 2. The number of carbonyl (C=O) groups is 3. The molecule has 1 aliphatic rings. The van der Waals surface area contributed by atoms with Gasteiger partial charge in [0.05, 0.1) is 0 Å². The van der Waals surface area contributed by atoms with E-state index in [1.54, 1.807) is 12.4 Å². The van der Waals surface area contributed by atoms with E-state index in [-0.39, 0.29) is 25.4 Å². The molecule has 0 unspecified atom stereocenters. The molecule has 46 heavy (non-hydrogen) atoms. The van der Waals surface area contributed by atoms with Crippen molar-refractivity contribution in [2.24, 2.45) is 0 Å². The summed E-state index contributed by atoms with van der Waals surface area (Å²) < 4.78 is 5.75. The minimum atomic E-state index is -1.22. The predicted octanol–water partition coefficient (Wildman–Crippen LogP) is 5.91. The molecule has 0 radical (unpaired) electrons. The second kappa shape index (κ2) is 12.3. The summed E-state index contributed by atoms with van der Waals surface area (Å²) in [6, 6.07) is 29.0. The van der Waals surface area contributed by atoms with Crippen LogP contribution in [-0.2, 0) is 27.2 Å². The first-order chi connectivity index (χ1) is 22.5. The van der Waals surface area contributed by atoms with Gasteiger partial charge in [-0.05, 0) is 45.5 Å². The molecule has 9 nitrogen and oxygen atoms in total. The number of rotatable bonds is 10. The third-order valence-electron chi connectivity index (χ3n) is 8.76. The molecule has 4 aromatic carbocycles. The number of amides is 2. The summed E-state index contributed by atoms with van der Waals surface area (Å²) in [5.74, 6) is -1.94. The molecule has 7 rings (SSSR count). The van der Waals surface area contributed by atoms with Gasteiger partial charge in [-0.15, -0.1) is 0 Å². The number of hydrogen-bond acceptors (Lipinski definition) is 4. The van der Waals surface area contributed by atoms with Crippen LogP contribution in [0.3, 0.4) is 0 Å². The number of aromatic nitrogens is 2. The van der Waals surface area contributed by atoms with E-state index in [1.165, 1.54) is 0 Å². The fraction of sp³-hybridized carbons (Fsp3) is 0.162. The van der Waals surface area contributed by atoms with Crippen LogP contribution in [0.25, 0.3) is 32.9 Å². The highest BCUT2D eigenvalue weighted by Crippen LogP contribution is 2.44. The van der Waals surface area contributed by atoms with Crippen molar-refractivity contribution in [3.63, 3.8) is 0 Å². The lowest BCUT2D eigenvalue weighted by Crippen LogP contribution is -2.53. The summed E-state index contributed by atoms with van der Waals surface area (Å²) in [6.07, 6.45) is 2.98. The molecule has 0 saturated carbocycles. The number of aromatic amines is 2. The average Bonchev–Trinajstić information content (AvgIpc) is 3.77.